The molecule has 0 aliphatic heterocycles. The largest absolute Gasteiger partial charge is 0.435 e. The molecule has 1 unspecified atom stereocenters. The molecule has 108 valence electrons. The van der Waals surface area contributed by atoms with E-state index in [-0.39, 0.29) is 11.8 Å². The minimum absolute atomic E-state index is 0.0498. The van der Waals surface area contributed by atoms with Crippen LogP contribution in [0.15, 0.2) is 34.8 Å². The topological polar surface area (TPSA) is 21.3 Å². The molecule has 1 heterocycles. The van der Waals surface area contributed by atoms with Gasteiger partial charge in [-0.2, -0.15) is 8.78 Å². The molecule has 6 heteroatoms. The van der Waals surface area contributed by atoms with Crippen LogP contribution in [-0.2, 0) is 0 Å². The van der Waals surface area contributed by atoms with Gasteiger partial charge in [-0.3, -0.25) is 0 Å². The lowest BCUT2D eigenvalue weighted by molar-refractivity contribution is -0.0498. The zero-order valence-corrected chi connectivity index (χ0v) is 13.4. The minimum atomic E-state index is -2.81. The van der Waals surface area contributed by atoms with Crippen molar-refractivity contribution < 1.29 is 13.5 Å². The number of thiophene rings is 1. The number of aryl methyl sites for hydroxylation is 1. The van der Waals surface area contributed by atoms with Gasteiger partial charge in [-0.1, -0.05) is 12.1 Å². The first-order chi connectivity index (χ1) is 9.51. The van der Waals surface area contributed by atoms with Gasteiger partial charge in [0.2, 0.25) is 0 Å². The van der Waals surface area contributed by atoms with Crippen LogP contribution in [0.2, 0.25) is 0 Å². The van der Waals surface area contributed by atoms with Crippen LogP contribution in [0.1, 0.15) is 21.4 Å². The Balaban J connectivity index is 2.31. The molecular formula is C14H14BrF2NOS. The van der Waals surface area contributed by atoms with E-state index in [0.717, 1.165) is 14.9 Å². The highest BCUT2D eigenvalue weighted by atomic mass is 79.9. The maximum absolute atomic E-state index is 12.3. The molecule has 1 N–H and O–H groups in total. The van der Waals surface area contributed by atoms with E-state index in [1.165, 1.54) is 10.9 Å². The Morgan fingerprint density at radius 3 is 2.60 bits per heavy atom. The van der Waals surface area contributed by atoms with Crippen LogP contribution in [0.5, 0.6) is 5.75 Å². The molecule has 2 aromatic rings. The second-order valence-corrected chi connectivity index (χ2v) is 6.37. The predicted molar refractivity (Wildman–Crippen MR) is 80.7 cm³/mol. The van der Waals surface area contributed by atoms with Crippen molar-refractivity contribution in [1.82, 2.24) is 5.32 Å². The molecule has 2 nitrogen and oxygen atoms in total. The molecule has 0 bridgehead atoms. The summed E-state index contributed by atoms with van der Waals surface area (Å²) in [5, 5.41) is 3.20. The number of hydrogen-bond donors (Lipinski definition) is 1. The van der Waals surface area contributed by atoms with E-state index in [4.69, 9.17) is 0 Å². The molecule has 1 atom stereocenters. The quantitative estimate of drug-likeness (QED) is 0.830. The third-order valence-corrected chi connectivity index (χ3v) is 5.07. The fourth-order valence-electron chi connectivity index (χ4n) is 1.97. The Kier molecular flexibility index (Phi) is 5.12. The van der Waals surface area contributed by atoms with Crippen LogP contribution in [0.25, 0.3) is 0 Å². The van der Waals surface area contributed by atoms with Gasteiger partial charge in [0.15, 0.2) is 0 Å². The van der Waals surface area contributed by atoms with Crippen molar-refractivity contribution in [3.63, 3.8) is 0 Å². The highest BCUT2D eigenvalue weighted by molar-refractivity contribution is 9.10. The molecule has 20 heavy (non-hydrogen) atoms. The molecule has 0 fully saturated rings. The van der Waals surface area contributed by atoms with Crippen molar-refractivity contribution >= 4 is 27.3 Å². The van der Waals surface area contributed by atoms with Crippen LogP contribution in [0.3, 0.4) is 0 Å². The van der Waals surface area contributed by atoms with Crippen molar-refractivity contribution in [2.24, 2.45) is 0 Å². The van der Waals surface area contributed by atoms with E-state index in [0.29, 0.717) is 0 Å². The number of halogens is 3. The van der Waals surface area contributed by atoms with E-state index >= 15 is 0 Å². The van der Waals surface area contributed by atoms with E-state index in [1.807, 2.05) is 26.1 Å². The number of alkyl halides is 2. The highest BCUT2D eigenvalue weighted by Crippen LogP contribution is 2.34. The van der Waals surface area contributed by atoms with E-state index in [1.54, 1.807) is 23.5 Å². The summed E-state index contributed by atoms with van der Waals surface area (Å²) in [6, 6.07) is 8.76. The van der Waals surface area contributed by atoms with Gasteiger partial charge in [0, 0.05) is 14.2 Å². The number of nitrogens with one attached hydrogen (secondary N) is 1. The SMILES string of the molecule is CNC(c1cccc(OC(F)F)c1)c1cc(Br)c(C)s1. The molecule has 0 spiro atoms. The summed E-state index contributed by atoms with van der Waals surface area (Å²) >= 11 is 5.16. The van der Waals surface area contributed by atoms with Crippen LogP contribution in [0.4, 0.5) is 8.78 Å². The Morgan fingerprint density at radius 2 is 2.05 bits per heavy atom. The van der Waals surface area contributed by atoms with Crippen molar-refractivity contribution in [2.75, 3.05) is 7.05 Å². The van der Waals surface area contributed by atoms with Gasteiger partial charge in [0.25, 0.3) is 0 Å². The molecule has 0 amide bonds. The standard InChI is InChI=1S/C14H14BrF2NOS/c1-8-11(15)7-12(20-8)13(18-2)9-4-3-5-10(6-9)19-14(16)17/h3-7,13-14,18H,1-2H3. The van der Waals surface area contributed by atoms with Crippen LogP contribution >= 0.6 is 27.3 Å². The fourth-order valence-corrected chi connectivity index (χ4v) is 3.67. The third kappa shape index (κ3) is 3.56. The highest BCUT2D eigenvalue weighted by Gasteiger charge is 2.17. The number of hydrogen-bond acceptors (Lipinski definition) is 3. The summed E-state index contributed by atoms with van der Waals surface area (Å²) in [5.74, 6) is 0.171. The maximum Gasteiger partial charge on any atom is 0.387 e. The molecule has 0 saturated heterocycles. The van der Waals surface area contributed by atoms with Gasteiger partial charge in [-0.15, -0.1) is 11.3 Å². The first-order valence-corrected chi connectivity index (χ1v) is 7.60. The first kappa shape index (κ1) is 15.4. The lowest BCUT2D eigenvalue weighted by Gasteiger charge is -2.16. The van der Waals surface area contributed by atoms with Crippen LogP contribution in [-0.4, -0.2) is 13.7 Å². The summed E-state index contributed by atoms with van der Waals surface area (Å²) in [6.07, 6.45) is 0. The fraction of sp³-hybridized carbons (Fsp3) is 0.286. The van der Waals surface area contributed by atoms with Crippen LogP contribution < -0.4 is 10.1 Å². The predicted octanol–water partition coefficient (Wildman–Crippen LogP) is 4.73. The first-order valence-electron chi connectivity index (χ1n) is 5.99. The second kappa shape index (κ2) is 6.65. The Morgan fingerprint density at radius 1 is 1.30 bits per heavy atom. The zero-order valence-electron chi connectivity index (χ0n) is 11.0. The van der Waals surface area contributed by atoms with Gasteiger partial charge in [-0.05, 0) is 53.7 Å². The Bertz CT molecular complexity index is 569. The molecular weight excluding hydrogens is 348 g/mol. The molecule has 0 saturated carbocycles. The minimum Gasteiger partial charge on any atom is -0.435 e. The molecule has 1 aromatic heterocycles. The molecule has 0 radical (unpaired) electrons. The van der Waals surface area contributed by atoms with Crippen LogP contribution in [0, 0.1) is 6.92 Å². The number of benzene rings is 1. The van der Waals surface area contributed by atoms with Crippen molar-refractivity contribution in [3.8, 4) is 5.75 Å². The van der Waals surface area contributed by atoms with Crippen molar-refractivity contribution in [3.05, 3.63) is 50.1 Å². The van der Waals surface area contributed by atoms with E-state index in [9.17, 15) is 8.78 Å². The van der Waals surface area contributed by atoms with Gasteiger partial charge in [0.1, 0.15) is 5.75 Å². The van der Waals surface area contributed by atoms with Crippen molar-refractivity contribution in [1.29, 1.82) is 0 Å². The maximum atomic E-state index is 12.3. The summed E-state index contributed by atoms with van der Waals surface area (Å²) in [5.41, 5.74) is 0.888. The van der Waals surface area contributed by atoms with E-state index < -0.39 is 6.61 Å². The van der Waals surface area contributed by atoms with Gasteiger partial charge in [0.05, 0.1) is 6.04 Å². The smallest absolute Gasteiger partial charge is 0.387 e. The normalized spacial score (nSPS) is 12.7. The van der Waals surface area contributed by atoms with Crippen molar-refractivity contribution in [2.45, 2.75) is 19.6 Å². The molecule has 0 aliphatic carbocycles. The summed E-state index contributed by atoms with van der Waals surface area (Å²) in [7, 11) is 1.84. The third-order valence-electron chi connectivity index (χ3n) is 2.87. The summed E-state index contributed by atoms with van der Waals surface area (Å²) in [4.78, 5) is 2.30. The lowest BCUT2D eigenvalue weighted by Crippen LogP contribution is -2.16. The lowest BCUT2D eigenvalue weighted by atomic mass is 10.1. The average molecular weight is 362 g/mol. The van der Waals surface area contributed by atoms with Gasteiger partial charge >= 0.3 is 6.61 Å². The zero-order chi connectivity index (χ0) is 14.7. The Labute approximate surface area is 128 Å². The molecule has 0 aliphatic rings. The average Bonchev–Trinajstić information content (AvgIpc) is 2.70. The Hall–Kier alpha value is -0.980. The summed E-state index contributed by atoms with van der Waals surface area (Å²) < 4.78 is 30.0. The van der Waals surface area contributed by atoms with E-state index in [2.05, 4.69) is 26.0 Å². The second-order valence-electron chi connectivity index (χ2n) is 4.23. The van der Waals surface area contributed by atoms with Gasteiger partial charge < -0.3 is 10.1 Å². The number of ether oxygens (including phenoxy) is 1. The summed E-state index contributed by atoms with van der Waals surface area (Å²) in [6.45, 7) is -0.780. The number of rotatable bonds is 5. The monoisotopic (exact) mass is 361 g/mol. The molecule has 2 rings (SSSR count). The van der Waals surface area contributed by atoms with Gasteiger partial charge in [-0.25, -0.2) is 0 Å². The molecule has 1 aromatic carbocycles.